The number of carbonyl (C=O) groups is 1. The summed E-state index contributed by atoms with van der Waals surface area (Å²) in [5.41, 5.74) is 0. The summed E-state index contributed by atoms with van der Waals surface area (Å²) in [5.74, 6) is 0.237. The molecule has 0 aromatic heterocycles. The quantitative estimate of drug-likeness (QED) is 0.0585. The van der Waals surface area contributed by atoms with Gasteiger partial charge in [-0.3, -0.25) is 4.79 Å². The highest BCUT2D eigenvalue weighted by molar-refractivity contribution is 5.72. The Balaban J connectivity index is 4.11. The third kappa shape index (κ3) is 29.0. The highest BCUT2D eigenvalue weighted by Gasteiger charge is 2.21. The Bertz CT molecular complexity index is 488. The second-order valence-electron chi connectivity index (χ2n) is 13.1. The van der Waals surface area contributed by atoms with Gasteiger partial charge in [-0.25, -0.2) is 0 Å². The molecule has 40 heavy (non-hydrogen) atoms. The monoisotopic (exact) mass is 565 g/mol. The van der Waals surface area contributed by atoms with E-state index in [1.807, 2.05) is 0 Å². The molecule has 0 fully saturated rings. The first-order valence-corrected chi connectivity index (χ1v) is 18.9. The van der Waals surface area contributed by atoms with Crippen molar-refractivity contribution >= 4 is 5.97 Å². The lowest BCUT2D eigenvalue weighted by Crippen LogP contribution is -2.23. The lowest BCUT2D eigenvalue weighted by Gasteiger charge is -2.20. The molecule has 0 aliphatic carbocycles. The van der Waals surface area contributed by atoms with Crippen LogP contribution in [-0.4, -0.2) is 12.1 Å². The van der Waals surface area contributed by atoms with Gasteiger partial charge in [-0.1, -0.05) is 194 Å². The number of hydrogen-bond acceptors (Lipinski definition) is 2. The molecule has 0 heterocycles. The molecule has 0 aliphatic rings. The van der Waals surface area contributed by atoms with E-state index in [4.69, 9.17) is 4.74 Å². The Morgan fingerprint density at radius 2 is 0.650 bits per heavy atom. The SMILES string of the molecule is CCCCCCCCCCCCCCCCC(CCCCCCCCCC)C(=O)OC(C)CCCCCCCC. The number of unbranched alkanes of at least 4 members (excludes halogenated alkanes) is 25. The molecule has 0 aromatic rings. The molecule has 240 valence electrons. The van der Waals surface area contributed by atoms with Crippen molar-refractivity contribution in [2.24, 2.45) is 5.92 Å². The molecule has 2 nitrogen and oxygen atoms in total. The Kier molecular flexibility index (Phi) is 32.5. The Morgan fingerprint density at radius 3 is 0.950 bits per heavy atom. The number of carbonyl (C=O) groups excluding carboxylic acids is 1. The van der Waals surface area contributed by atoms with Gasteiger partial charge in [-0.15, -0.1) is 0 Å². The van der Waals surface area contributed by atoms with Crippen molar-refractivity contribution in [3.05, 3.63) is 0 Å². The van der Waals surface area contributed by atoms with Crippen LogP contribution in [0.5, 0.6) is 0 Å². The minimum Gasteiger partial charge on any atom is -0.462 e. The number of esters is 1. The smallest absolute Gasteiger partial charge is 0.309 e. The van der Waals surface area contributed by atoms with Gasteiger partial charge in [0, 0.05) is 0 Å². The Labute approximate surface area is 254 Å². The number of ether oxygens (including phenoxy) is 1. The van der Waals surface area contributed by atoms with Gasteiger partial charge in [-0.05, 0) is 32.6 Å². The summed E-state index contributed by atoms with van der Waals surface area (Å²) >= 11 is 0. The lowest BCUT2D eigenvalue weighted by molar-refractivity contribution is -0.154. The first-order valence-electron chi connectivity index (χ1n) is 18.9. The highest BCUT2D eigenvalue weighted by atomic mass is 16.5. The summed E-state index contributed by atoms with van der Waals surface area (Å²) < 4.78 is 5.99. The predicted molar refractivity (Wildman–Crippen MR) is 179 cm³/mol. The molecule has 0 aromatic carbocycles. The van der Waals surface area contributed by atoms with Gasteiger partial charge in [0.2, 0.25) is 0 Å². The number of rotatable bonds is 33. The first-order chi connectivity index (χ1) is 19.7. The Hall–Kier alpha value is -0.530. The van der Waals surface area contributed by atoms with Crippen LogP contribution < -0.4 is 0 Å². The molecule has 0 saturated carbocycles. The maximum Gasteiger partial charge on any atom is 0.309 e. The molecule has 2 heteroatoms. The topological polar surface area (TPSA) is 26.3 Å². The van der Waals surface area contributed by atoms with Gasteiger partial charge < -0.3 is 4.74 Å². The van der Waals surface area contributed by atoms with E-state index < -0.39 is 0 Å². The fourth-order valence-electron chi connectivity index (χ4n) is 6.06. The summed E-state index contributed by atoms with van der Waals surface area (Å²) in [6.45, 7) is 8.96. The van der Waals surface area contributed by atoms with Gasteiger partial charge in [0.25, 0.3) is 0 Å². The van der Waals surface area contributed by atoms with Gasteiger partial charge in [-0.2, -0.15) is 0 Å². The highest BCUT2D eigenvalue weighted by Crippen LogP contribution is 2.23. The summed E-state index contributed by atoms with van der Waals surface area (Å²) in [5, 5.41) is 0. The van der Waals surface area contributed by atoms with E-state index in [0.29, 0.717) is 0 Å². The zero-order valence-corrected chi connectivity index (χ0v) is 28.4. The van der Waals surface area contributed by atoms with Crippen molar-refractivity contribution in [3.8, 4) is 0 Å². The van der Waals surface area contributed by atoms with Crippen molar-refractivity contribution in [2.75, 3.05) is 0 Å². The molecule has 0 rings (SSSR count). The zero-order chi connectivity index (χ0) is 29.4. The van der Waals surface area contributed by atoms with Crippen LogP contribution in [0, 0.1) is 5.92 Å². The zero-order valence-electron chi connectivity index (χ0n) is 28.4. The minimum absolute atomic E-state index is 0.0797. The van der Waals surface area contributed by atoms with Crippen molar-refractivity contribution < 1.29 is 9.53 Å². The standard InChI is InChI=1S/C38H76O2/c1-5-8-11-14-17-19-20-21-22-23-24-26-29-32-35-37(34-31-28-25-18-15-12-9-6-2)38(39)40-36(4)33-30-27-16-13-10-7-3/h36-37H,5-35H2,1-4H3. The fourth-order valence-corrected chi connectivity index (χ4v) is 6.06. The van der Waals surface area contributed by atoms with Crippen molar-refractivity contribution in [1.82, 2.24) is 0 Å². The molecule has 0 bridgehead atoms. The van der Waals surface area contributed by atoms with Crippen LogP contribution in [0.25, 0.3) is 0 Å². The van der Waals surface area contributed by atoms with E-state index in [1.54, 1.807) is 0 Å². The van der Waals surface area contributed by atoms with Crippen molar-refractivity contribution in [3.63, 3.8) is 0 Å². The van der Waals surface area contributed by atoms with Crippen LogP contribution in [-0.2, 0) is 9.53 Å². The third-order valence-electron chi connectivity index (χ3n) is 8.93. The van der Waals surface area contributed by atoms with Crippen LogP contribution in [0.1, 0.15) is 227 Å². The van der Waals surface area contributed by atoms with Gasteiger partial charge >= 0.3 is 5.97 Å². The predicted octanol–water partition coefficient (Wildman–Crippen LogP) is 13.7. The summed E-state index contributed by atoms with van der Waals surface area (Å²) in [4.78, 5) is 13.1. The minimum atomic E-state index is 0.0797. The maximum absolute atomic E-state index is 13.1. The molecule has 0 aliphatic heterocycles. The van der Waals surface area contributed by atoms with E-state index in [9.17, 15) is 4.79 Å². The average molecular weight is 565 g/mol. The molecule has 0 N–H and O–H groups in total. The summed E-state index contributed by atoms with van der Waals surface area (Å²) in [7, 11) is 0. The van der Waals surface area contributed by atoms with Gasteiger partial charge in [0.05, 0.1) is 12.0 Å². The van der Waals surface area contributed by atoms with E-state index in [2.05, 4.69) is 27.7 Å². The fraction of sp³-hybridized carbons (Fsp3) is 0.974. The maximum atomic E-state index is 13.1. The third-order valence-corrected chi connectivity index (χ3v) is 8.93. The Morgan fingerprint density at radius 1 is 0.400 bits per heavy atom. The summed E-state index contributed by atoms with van der Waals surface area (Å²) in [6, 6.07) is 0. The second kappa shape index (κ2) is 33.0. The molecular weight excluding hydrogens is 488 g/mol. The van der Waals surface area contributed by atoms with Gasteiger partial charge in [0.1, 0.15) is 0 Å². The number of hydrogen-bond donors (Lipinski definition) is 0. The molecule has 0 spiro atoms. The van der Waals surface area contributed by atoms with E-state index >= 15 is 0 Å². The van der Waals surface area contributed by atoms with Crippen LogP contribution in [0.3, 0.4) is 0 Å². The van der Waals surface area contributed by atoms with Crippen LogP contribution in [0.15, 0.2) is 0 Å². The first kappa shape index (κ1) is 39.5. The van der Waals surface area contributed by atoms with Crippen LogP contribution >= 0.6 is 0 Å². The molecule has 0 amide bonds. The summed E-state index contributed by atoms with van der Waals surface area (Å²) in [6.07, 6.45) is 41.0. The normalized spacial score (nSPS) is 13.0. The lowest BCUT2D eigenvalue weighted by atomic mass is 9.94. The van der Waals surface area contributed by atoms with Gasteiger partial charge in [0.15, 0.2) is 0 Å². The largest absolute Gasteiger partial charge is 0.462 e. The van der Waals surface area contributed by atoms with Crippen LogP contribution in [0.4, 0.5) is 0 Å². The molecular formula is C38H76O2. The molecule has 2 atom stereocenters. The van der Waals surface area contributed by atoms with E-state index in [1.165, 1.54) is 180 Å². The van der Waals surface area contributed by atoms with Crippen LogP contribution in [0.2, 0.25) is 0 Å². The van der Waals surface area contributed by atoms with Crippen molar-refractivity contribution in [2.45, 2.75) is 233 Å². The second-order valence-corrected chi connectivity index (χ2v) is 13.1. The van der Waals surface area contributed by atoms with E-state index in [-0.39, 0.29) is 18.0 Å². The molecule has 2 unspecified atom stereocenters. The molecule has 0 saturated heterocycles. The van der Waals surface area contributed by atoms with Crippen molar-refractivity contribution in [1.29, 1.82) is 0 Å². The molecule has 0 radical (unpaired) electrons. The average Bonchev–Trinajstić information content (AvgIpc) is 2.95. The van der Waals surface area contributed by atoms with E-state index in [0.717, 1.165) is 19.3 Å².